The second-order valence-electron chi connectivity index (χ2n) is 2.92. The summed E-state index contributed by atoms with van der Waals surface area (Å²) in [4.78, 5) is 9.53. The Labute approximate surface area is 84.7 Å². The minimum atomic E-state index is 0.983. The monoisotopic (exact) mass is 201 g/mol. The average Bonchev–Trinajstić information content (AvgIpc) is 2.79. The van der Waals surface area contributed by atoms with Gasteiger partial charge in [0, 0.05) is 24.0 Å². The van der Waals surface area contributed by atoms with Crippen LogP contribution in [0.15, 0.2) is 42.2 Å². The summed E-state index contributed by atoms with van der Waals surface area (Å²) in [6.45, 7) is 0. The van der Waals surface area contributed by atoms with Gasteiger partial charge in [0.1, 0.15) is 0 Å². The van der Waals surface area contributed by atoms with Crippen LogP contribution in [0, 0.1) is 0 Å². The summed E-state index contributed by atoms with van der Waals surface area (Å²) in [5.41, 5.74) is 2.08. The van der Waals surface area contributed by atoms with E-state index in [2.05, 4.69) is 15.3 Å². The summed E-state index contributed by atoms with van der Waals surface area (Å²) >= 11 is 1.63. The highest BCUT2D eigenvalue weighted by Gasteiger charge is 2.05. The molecule has 0 saturated carbocycles. The Morgan fingerprint density at radius 2 is 2.14 bits per heavy atom. The van der Waals surface area contributed by atoms with Crippen LogP contribution in [0.25, 0.3) is 16.3 Å². The van der Waals surface area contributed by atoms with Crippen LogP contribution in [0.4, 0.5) is 0 Å². The number of pyridine rings is 1. The van der Waals surface area contributed by atoms with E-state index in [4.69, 9.17) is 0 Å². The molecule has 0 aliphatic heterocycles. The van der Waals surface area contributed by atoms with Crippen LogP contribution in [0.2, 0.25) is 0 Å². The van der Waals surface area contributed by atoms with Gasteiger partial charge in [0.25, 0.3) is 0 Å². The molecule has 0 unspecified atom stereocenters. The lowest BCUT2D eigenvalue weighted by Gasteiger charge is -1.96. The minimum absolute atomic E-state index is 0.983. The van der Waals surface area contributed by atoms with Crippen LogP contribution in [0.3, 0.4) is 0 Å². The molecule has 0 saturated heterocycles. The lowest BCUT2D eigenvalue weighted by molar-refractivity contribution is 1.19. The summed E-state index contributed by atoms with van der Waals surface area (Å²) in [5.74, 6) is 0. The van der Waals surface area contributed by atoms with E-state index in [0.29, 0.717) is 0 Å². The predicted molar refractivity (Wildman–Crippen MR) is 56.3 cm³/mol. The average molecular weight is 201 g/mol. The van der Waals surface area contributed by atoms with Gasteiger partial charge in [-0.05, 0) is 12.1 Å². The van der Waals surface area contributed by atoms with Crippen molar-refractivity contribution in [3.63, 3.8) is 0 Å². The number of fused-ring (bicyclic) bond motifs is 1. The third-order valence-electron chi connectivity index (χ3n) is 2.07. The molecule has 14 heavy (non-hydrogen) atoms. The van der Waals surface area contributed by atoms with Crippen molar-refractivity contribution in [1.82, 2.24) is 14.4 Å². The van der Waals surface area contributed by atoms with Crippen LogP contribution in [-0.4, -0.2) is 14.4 Å². The van der Waals surface area contributed by atoms with E-state index in [-0.39, 0.29) is 0 Å². The van der Waals surface area contributed by atoms with Crippen molar-refractivity contribution in [1.29, 1.82) is 0 Å². The summed E-state index contributed by atoms with van der Waals surface area (Å²) < 4.78 is 2.05. The summed E-state index contributed by atoms with van der Waals surface area (Å²) in [7, 11) is 0. The second kappa shape index (κ2) is 2.92. The number of thiazole rings is 1. The number of hydrogen-bond donors (Lipinski definition) is 0. The van der Waals surface area contributed by atoms with Crippen LogP contribution in [0.5, 0.6) is 0 Å². The topological polar surface area (TPSA) is 30.2 Å². The highest BCUT2D eigenvalue weighted by molar-refractivity contribution is 7.15. The van der Waals surface area contributed by atoms with Crippen molar-refractivity contribution in [3.8, 4) is 11.4 Å². The van der Waals surface area contributed by atoms with Gasteiger partial charge in [0.15, 0.2) is 4.96 Å². The highest BCUT2D eigenvalue weighted by atomic mass is 32.1. The van der Waals surface area contributed by atoms with Crippen molar-refractivity contribution < 1.29 is 0 Å². The number of hydrogen-bond acceptors (Lipinski definition) is 3. The SMILES string of the molecule is c1ccc(-c2csc3nccn23)nc1. The zero-order chi connectivity index (χ0) is 9.38. The van der Waals surface area contributed by atoms with Crippen LogP contribution in [0.1, 0.15) is 0 Å². The fourth-order valence-corrected chi connectivity index (χ4v) is 2.27. The maximum atomic E-state index is 4.31. The highest BCUT2D eigenvalue weighted by Crippen LogP contribution is 2.23. The van der Waals surface area contributed by atoms with Gasteiger partial charge in [0.05, 0.1) is 11.4 Å². The molecule has 0 atom stereocenters. The van der Waals surface area contributed by atoms with Crippen LogP contribution < -0.4 is 0 Å². The van der Waals surface area contributed by atoms with Gasteiger partial charge in [-0.25, -0.2) is 4.98 Å². The van der Waals surface area contributed by atoms with Gasteiger partial charge in [0.2, 0.25) is 0 Å². The molecule has 4 heteroatoms. The van der Waals surface area contributed by atoms with Crippen molar-refractivity contribution in [2.45, 2.75) is 0 Å². The fraction of sp³-hybridized carbons (Fsp3) is 0. The Bertz CT molecular complexity index is 553. The molecule has 0 fully saturated rings. The molecule has 3 aromatic rings. The summed E-state index contributed by atoms with van der Waals surface area (Å²) in [6, 6.07) is 5.91. The standard InChI is InChI=1S/C10H7N3S/c1-2-4-11-8(3-1)9-7-14-10-12-5-6-13(9)10/h1-7H. The van der Waals surface area contributed by atoms with Crippen molar-refractivity contribution >= 4 is 16.3 Å². The van der Waals surface area contributed by atoms with Crippen molar-refractivity contribution in [2.24, 2.45) is 0 Å². The summed E-state index contributed by atoms with van der Waals surface area (Å²) in [5, 5.41) is 2.07. The maximum Gasteiger partial charge on any atom is 0.194 e. The Balaban J connectivity index is 2.28. The molecule has 0 aromatic carbocycles. The molecule has 0 aliphatic carbocycles. The first kappa shape index (κ1) is 7.70. The quantitative estimate of drug-likeness (QED) is 0.605. The third-order valence-corrected chi connectivity index (χ3v) is 2.92. The summed E-state index contributed by atoms with van der Waals surface area (Å²) in [6.07, 6.45) is 5.56. The van der Waals surface area contributed by atoms with Gasteiger partial charge in [-0.15, -0.1) is 11.3 Å². The molecule has 3 nitrogen and oxygen atoms in total. The molecule has 0 radical (unpaired) electrons. The van der Waals surface area contributed by atoms with E-state index >= 15 is 0 Å². The fourth-order valence-electron chi connectivity index (χ4n) is 1.42. The van der Waals surface area contributed by atoms with E-state index in [0.717, 1.165) is 16.3 Å². The van der Waals surface area contributed by atoms with E-state index in [9.17, 15) is 0 Å². The molecule has 3 rings (SSSR count). The van der Waals surface area contributed by atoms with Crippen molar-refractivity contribution in [3.05, 3.63) is 42.2 Å². The van der Waals surface area contributed by atoms with Gasteiger partial charge in [-0.2, -0.15) is 0 Å². The number of rotatable bonds is 1. The van der Waals surface area contributed by atoms with Gasteiger partial charge >= 0.3 is 0 Å². The largest absolute Gasteiger partial charge is 0.289 e. The molecule has 0 amide bonds. The van der Waals surface area contributed by atoms with Gasteiger partial charge < -0.3 is 0 Å². The first-order chi connectivity index (χ1) is 6.95. The van der Waals surface area contributed by atoms with E-state index < -0.39 is 0 Å². The van der Waals surface area contributed by atoms with Gasteiger partial charge in [-0.3, -0.25) is 9.38 Å². The molecular formula is C10H7N3S. The Hall–Kier alpha value is -1.68. The molecule has 68 valence electrons. The van der Waals surface area contributed by atoms with Crippen LogP contribution >= 0.6 is 11.3 Å². The molecule has 3 heterocycles. The molecule has 0 bridgehead atoms. The van der Waals surface area contributed by atoms with Crippen molar-refractivity contribution in [2.75, 3.05) is 0 Å². The molecule has 0 aliphatic rings. The lowest BCUT2D eigenvalue weighted by Crippen LogP contribution is -1.85. The Morgan fingerprint density at radius 1 is 1.14 bits per heavy atom. The zero-order valence-electron chi connectivity index (χ0n) is 7.29. The van der Waals surface area contributed by atoms with E-state index in [1.165, 1.54) is 0 Å². The molecular weight excluding hydrogens is 194 g/mol. The third kappa shape index (κ3) is 1.04. The second-order valence-corrected chi connectivity index (χ2v) is 3.75. The van der Waals surface area contributed by atoms with Crippen LogP contribution in [-0.2, 0) is 0 Å². The molecule has 3 aromatic heterocycles. The zero-order valence-corrected chi connectivity index (χ0v) is 8.11. The lowest BCUT2D eigenvalue weighted by atomic mass is 10.3. The first-order valence-electron chi connectivity index (χ1n) is 4.27. The first-order valence-corrected chi connectivity index (χ1v) is 5.15. The van der Waals surface area contributed by atoms with Gasteiger partial charge in [-0.1, -0.05) is 6.07 Å². The number of imidazole rings is 1. The Kier molecular flexibility index (Phi) is 1.61. The number of aromatic nitrogens is 3. The Morgan fingerprint density at radius 3 is 3.00 bits per heavy atom. The minimum Gasteiger partial charge on any atom is -0.289 e. The normalized spacial score (nSPS) is 10.9. The smallest absolute Gasteiger partial charge is 0.194 e. The maximum absolute atomic E-state index is 4.31. The van der Waals surface area contributed by atoms with E-state index in [1.54, 1.807) is 23.7 Å². The predicted octanol–water partition coefficient (Wildman–Crippen LogP) is 2.46. The molecule has 0 N–H and O–H groups in total. The van der Waals surface area contributed by atoms with E-state index in [1.807, 2.05) is 28.8 Å². The molecule has 0 spiro atoms. The number of nitrogens with zero attached hydrogens (tertiary/aromatic N) is 3.